The summed E-state index contributed by atoms with van der Waals surface area (Å²) in [5.74, 6) is -0.959. The molecule has 1 aliphatic carbocycles. The number of hydrogen-bond donors (Lipinski definition) is 2. The molecule has 20 heavy (non-hydrogen) atoms. The van der Waals surface area contributed by atoms with Crippen molar-refractivity contribution in [1.82, 2.24) is 4.72 Å². The number of aliphatic carboxylic acids is 1. The zero-order chi connectivity index (χ0) is 15.1. The second-order valence-electron chi connectivity index (χ2n) is 5.32. The Kier molecular flexibility index (Phi) is 3.96. The molecule has 0 aliphatic heterocycles. The number of hydrogen-bond acceptors (Lipinski definition) is 3. The monoisotopic (exact) mass is 361 g/mol. The minimum atomic E-state index is -3.72. The van der Waals surface area contributed by atoms with E-state index in [9.17, 15) is 18.3 Å². The Morgan fingerprint density at radius 3 is 2.65 bits per heavy atom. The first kappa shape index (κ1) is 15.5. The van der Waals surface area contributed by atoms with Crippen LogP contribution in [0.5, 0.6) is 0 Å². The van der Waals surface area contributed by atoms with Crippen LogP contribution in [0.2, 0.25) is 0 Å². The second kappa shape index (κ2) is 5.13. The highest BCUT2D eigenvalue weighted by atomic mass is 79.9. The van der Waals surface area contributed by atoms with Gasteiger partial charge in [0.2, 0.25) is 10.0 Å². The maximum absolute atomic E-state index is 12.3. The highest BCUT2D eigenvalue weighted by molar-refractivity contribution is 9.10. The Balaban J connectivity index is 2.20. The third-order valence-electron chi connectivity index (χ3n) is 3.83. The van der Waals surface area contributed by atoms with E-state index in [0.717, 1.165) is 5.56 Å². The van der Waals surface area contributed by atoms with Gasteiger partial charge in [0.05, 0.1) is 10.3 Å². The highest BCUT2D eigenvalue weighted by Gasteiger charge is 2.57. The van der Waals surface area contributed by atoms with Gasteiger partial charge in [-0.2, -0.15) is 0 Å². The van der Waals surface area contributed by atoms with E-state index in [0.29, 0.717) is 10.9 Å². The van der Waals surface area contributed by atoms with E-state index >= 15 is 0 Å². The average Bonchev–Trinajstić information content (AvgIpc) is 3.02. The molecule has 1 fully saturated rings. The summed E-state index contributed by atoms with van der Waals surface area (Å²) < 4.78 is 27.4. The van der Waals surface area contributed by atoms with Crippen molar-refractivity contribution in [2.45, 2.75) is 25.2 Å². The van der Waals surface area contributed by atoms with Gasteiger partial charge in [-0.3, -0.25) is 4.79 Å². The number of rotatable bonds is 5. The fourth-order valence-corrected chi connectivity index (χ4v) is 4.38. The summed E-state index contributed by atoms with van der Waals surface area (Å²) in [5, 5.41) is 9.20. The maximum Gasteiger partial charge on any atom is 0.311 e. The molecule has 110 valence electrons. The SMILES string of the molecule is Cc1ccc(Br)c(S(=O)(=O)NC[C@@]2(C(=O)O)C[C@H]2C)c1. The van der Waals surface area contributed by atoms with Crippen molar-refractivity contribution in [3.05, 3.63) is 28.2 Å². The number of halogens is 1. The molecule has 0 bridgehead atoms. The lowest BCUT2D eigenvalue weighted by Gasteiger charge is -2.14. The molecule has 0 aromatic heterocycles. The summed E-state index contributed by atoms with van der Waals surface area (Å²) in [6.45, 7) is 3.53. The molecule has 1 aromatic rings. The summed E-state index contributed by atoms with van der Waals surface area (Å²) in [6, 6.07) is 5.01. The molecule has 0 heterocycles. The molecular formula is C13H16BrNO4S. The van der Waals surface area contributed by atoms with Gasteiger partial charge in [0.15, 0.2) is 0 Å². The first-order chi connectivity index (χ1) is 9.19. The zero-order valence-corrected chi connectivity index (χ0v) is 13.6. The Labute approximate surface area is 126 Å². The molecule has 0 spiro atoms. The van der Waals surface area contributed by atoms with Crippen molar-refractivity contribution in [2.75, 3.05) is 6.54 Å². The van der Waals surface area contributed by atoms with Gasteiger partial charge in [-0.15, -0.1) is 0 Å². The van der Waals surface area contributed by atoms with Gasteiger partial charge in [-0.25, -0.2) is 13.1 Å². The van der Waals surface area contributed by atoms with E-state index < -0.39 is 21.4 Å². The van der Waals surface area contributed by atoms with Crippen LogP contribution in [0.25, 0.3) is 0 Å². The van der Waals surface area contributed by atoms with Gasteiger partial charge in [-0.05, 0) is 52.9 Å². The van der Waals surface area contributed by atoms with E-state index in [1.165, 1.54) is 0 Å². The molecule has 5 nitrogen and oxygen atoms in total. The lowest BCUT2D eigenvalue weighted by Crippen LogP contribution is -2.35. The first-order valence-corrected chi connectivity index (χ1v) is 8.46. The molecule has 2 atom stereocenters. The molecule has 7 heteroatoms. The fourth-order valence-electron chi connectivity index (χ4n) is 2.23. The summed E-state index contributed by atoms with van der Waals surface area (Å²) in [5.41, 5.74) is -0.134. The molecule has 1 saturated carbocycles. The van der Waals surface area contributed by atoms with Crippen LogP contribution in [-0.4, -0.2) is 26.0 Å². The van der Waals surface area contributed by atoms with E-state index in [4.69, 9.17) is 0 Å². The predicted molar refractivity (Wildman–Crippen MR) is 77.9 cm³/mol. The average molecular weight is 362 g/mol. The van der Waals surface area contributed by atoms with Crippen LogP contribution in [0.15, 0.2) is 27.6 Å². The minimum absolute atomic E-state index is 0.0105. The van der Waals surface area contributed by atoms with Crippen molar-refractivity contribution in [1.29, 1.82) is 0 Å². The topological polar surface area (TPSA) is 83.5 Å². The highest BCUT2D eigenvalue weighted by Crippen LogP contribution is 2.52. The molecule has 0 amide bonds. The van der Waals surface area contributed by atoms with Crippen molar-refractivity contribution >= 4 is 31.9 Å². The van der Waals surface area contributed by atoms with Crippen LogP contribution in [0.3, 0.4) is 0 Å². The number of sulfonamides is 1. The smallest absolute Gasteiger partial charge is 0.311 e. The van der Waals surface area contributed by atoms with Crippen LogP contribution in [0.1, 0.15) is 18.9 Å². The summed E-state index contributed by atoms with van der Waals surface area (Å²) in [4.78, 5) is 11.4. The molecule has 2 rings (SSSR count). The molecule has 1 aliphatic rings. The Bertz CT molecular complexity index is 658. The molecule has 0 unspecified atom stereocenters. The van der Waals surface area contributed by atoms with Crippen LogP contribution in [0, 0.1) is 18.3 Å². The van der Waals surface area contributed by atoms with Crippen molar-refractivity contribution in [3.8, 4) is 0 Å². The summed E-state index contributed by atoms with van der Waals surface area (Å²) in [7, 11) is -3.72. The number of carboxylic acids is 1. The van der Waals surface area contributed by atoms with E-state index in [1.807, 2.05) is 6.92 Å². The van der Waals surface area contributed by atoms with Crippen molar-refractivity contribution < 1.29 is 18.3 Å². The Morgan fingerprint density at radius 2 is 2.15 bits per heavy atom. The number of nitrogens with one attached hydrogen (secondary N) is 1. The standard InChI is InChI=1S/C13H16BrNO4S/c1-8-3-4-10(14)11(5-8)20(18,19)15-7-13(12(16)17)6-9(13)2/h3-5,9,15H,6-7H2,1-2H3,(H,16,17)/t9-,13+/m1/s1. The van der Waals surface area contributed by atoms with E-state index in [2.05, 4.69) is 20.7 Å². The summed E-state index contributed by atoms with van der Waals surface area (Å²) >= 11 is 3.21. The number of carbonyl (C=O) groups is 1. The number of benzene rings is 1. The van der Waals surface area contributed by atoms with Gasteiger partial charge < -0.3 is 5.11 Å². The third-order valence-corrected chi connectivity index (χ3v) is 6.23. The minimum Gasteiger partial charge on any atom is -0.481 e. The Morgan fingerprint density at radius 1 is 1.55 bits per heavy atom. The van der Waals surface area contributed by atoms with Crippen molar-refractivity contribution in [3.63, 3.8) is 0 Å². The lowest BCUT2D eigenvalue weighted by molar-refractivity contribution is -0.143. The van der Waals surface area contributed by atoms with Gasteiger partial charge in [0.25, 0.3) is 0 Å². The molecule has 2 N–H and O–H groups in total. The molecular weight excluding hydrogens is 346 g/mol. The van der Waals surface area contributed by atoms with Gasteiger partial charge in [-0.1, -0.05) is 13.0 Å². The second-order valence-corrected chi connectivity index (χ2v) is 7.91. The summed E-state index contributed by atoms with van der Waals surface area (Å²) in [6.07, 6.45) is 0.500. The maximum atomic E-state index is 12.3. The van der Waals surface area contributed by atoms with E-state index in [-0.39, 0.29) is 17.4 Å². The predicted octanol–water partition coefficient (Wildman–Crippen LogP) is 2.15. The Hall–Kier alpha value is -0.920. The van der Waals surface area contributed by atoms with Crippen molar-refractivity contribution in [2.24, 2.45) is 11.3 Å². The van der Waals surface area contributed by atoms with Gasteiger partial charge in [0, 0.05) is 11.0 Å². The van der Waals surface area contributed by atoms with Gasteiger partial charge in [0.1, 0.15) is 0 Å². The van der Waals surface area contributed by atoms with E-state index in [1.54, 1.807) is 25.1 Å². The number of aryl methyl sites for hydroxylation is 1. The fraction of sp³-hybridized carbons (Fsp3) is 0.462. The van der Waals surface area contributed by atoms with Gasteiger partial charge >= 0.3 is 5.97 Å². The van der Waals surface area contributed by atoms with Crippen LogP contribution in [-0.2, 0) is 14.8 Å². The lowest BCUT2D eigenvalue weighted by atomic mass is 10.1. The molecule has 0 saturated heterocycles. The third kappa shape index (κ3) is 2.75. The zero-order valence-electron chi connectivity index (χ0n) is 11.2. The number of carboxylic acid groups (broad SMARTS) is 1. The normalized spacial score (nSPS) is 25.4. The largest absolute Gasteiger partial charge is 0.481 e. The van der Waals surface area contributed by atoms with Crippen LogP contribution in [0.4, 0.5) is 0 Å². The first-order valence-electron chi connectivity index (χ1n) is 6.18. The van der Waals surface area contributed by atoms with Crippen LogP contribution < -0.4 is 4.72 Å². The molecule has 1 aromatic carbocycles. The van der Waals surface area contributed by atoms with Crippen LogP contribution >= 0.6 is 15.9 Å². The quantitative estimate of drug-likeness (QED) is 0.841. The molecule has 0 radical (unpaired) electrons.